The number of benzene rings is 2. The van der Waals surface area contributed by atoms with Gasteiger partial charge in [-0.3, -0.25) is 9.59 Å². The minimum atomic E-state index is -0.638. The molecular formula is C21H21FN2O4. The number of para-hydroxylation sites is 1. The van der Waals surface area contributed by atoms with Gasteiger partial charge in [0.25, 0.3) is 0 Å². The fourth-order valence-electron chi connectivity index (χ4n) is 3.06. The largest absolute Gasteiger partial charge is 0.457 e. The van der Waals surface area contributed by atoms with Crippen molar-refractivity contribution < 1.29 is 23.5 Å². The second-order valence-electron chi connectivity index (χ2n) is 6.57. The number of Topliss-reactive ketones (excluding diaryl/α,β-unsaturated/α-hetero) is 1. The van der Waals surface area contributed by atoms with Crippen LogP contribution in [0.3, 0.4) is 0 Å². The minimum absolute atomic E-state index is 0.0947. The van der Waals surface area contributed by atoms with Gasteiger partial charge < -0.3 is 15.0 Å². The highest BCUT2D eigenvalue weighted by molar-refractivity contribution is 5.98. The van der Waals surface area contributed by atoms with Crippen molar-refractivity contribution in [3.63, 3.8) is 0 Å². The molecule has 0 spiro atoms. The number of carbonyl (C=O) groups excluding carboxylic acids is 3. The highest BCUT2D eigenvalue weighted by Crippen LogP contribution is 2.20. The number of piperidine rings is 1. The lowest BCUT2D eigenvalue weighted by Crippen LogP contribution is -2.42. The summed E-state index contributed by atoms with van der Waals surface area (Å²) in [7, 11) is 0. The van der Waals surface area contributed by atoms with Gasteiger partial charge in [0.1, 0.15) is 5.82 Å². The molecule has 7 heteroatoms. The zero-order chi connectivity index (χ0) is 19.9. The van der Waals surface area contributed by atoms with Gasteiger partial charge in [-0.15, -0.1) is 0 Å². The lowest BCUT2D eigenvalue weighted by atomic mass is 9.97. The van der Waals surface area contributed by atoms with Gasteiger partial charge in [0.15, 0.2) is 6.61 Å². The molecule has 146 valence electrons. The molecule has 6 nitrogen and oxygen atoms in total. The monoisotopic (exact) mass is 384 g/mol. The zero-order valence-electron chi connectivity index (χ0n) is 15.3. The molecule has 1 fully saturated rings. The van der Waals surface area contributed by atoms with Gasteiger partial charge in [-0.25, -0.2) is 9.18 Å². The first kappa shape index (κ1) is 19.5. The van der Waals surface area contributed by atoms with Crippen LogP contribution >= 0.6 is 0 Å². The first-order chi connectivity index (χ1) is 13.5. The van der Waals surface area contributed by atoms with Gasteiger partial charge in [-0.1, -0.05) is 30.3 Å². The topological polar surface area (TPSA) is 75.7 Å². The molecule has 0 atom stereocenters. The Balaban J connectivity index is 1.44. The Morgan fingerprint density at radius 2 is 1.64 bits per heavy atom. The molecule has 0 bridgehead atoms. The summed E-state index contributed by atoms with van der Waals surface area (Å²) in [6.07, 6.45) is 0.907. The number of halogens is 1. The molecule has 1 saturated heterocycles. The number of likely N-dealkylation sites (tertiary alicyclic amines) is 1. The third-order valence-electron chi connectivity index (χ3n) is 4.66. The van der Waals surface area contributed by atoms with Gasteiger partial charge >= 0.3 is 12.0 Å². The molecule has 1 aliphatic rings. The van der Waals surface area contributed by atoms with E-state index in [2.05, 4.69) is 5.32 Å². The van der Waals surface area contributed by atoms with Gasteiger partial charge in [0.05, 0.1) is 11.5 Å². The van der Waals surface area contributed by atoms with E-state index in [1.54, 1.807) is 23.1 Å². The Morgan fingerprint density at radius 1 is 1.00 bits per heavy atom. The number of anilines is 1. The van der Waals surface area contributed by atoms with Crippen LogP contribution in [0.2, 0.25) is 0 Å². The Bertz CT molecular complexity index is 848. The van der Waals surface area contributed by atoms with E-state index in [4.69, 9.17) is 4.74 Å². The fourth-order valence-corrected chi connectivity index (χ4v) is 3.06. The lowest BCUT2D eigenvalue weighted by Gasteiger charge is -2.30. The fraction of sp³-hybridized carbons (Fsp3) is 0.286. The Hall–Kier alpha value is -3.22. The van der Waals surface area contributed by atoms with Crippen molar-refractivity contribution >= 4 is 23.5 Å². The van der Waals surface area contributed by atoms with Crippen molar-refractivity contribution in [2.45, 2.75) is 12.8 Å². The molecule has 2 aromatic rings. The summed E-state index contributed by atoms with van der Waals surface area (Å²) >= 11 is 0. The summed E-state index contributed by atoms with van der Waals surface area (Å²) in [5, 5.41) is 2.81. The summed E-state index contributed by atoms with van der Waals surface area (Å²) < 4.78 is 18.7. The molecule has 0 radical (unpaired) electrons. The summed E-state index contributed by atoms with van der Waals surface area (Å²) in [5.41, 5.74) is 0.614. The van der Waals surface area contributed by atoms with E-state index >= 15 is 0 Å². The molecule has 1 N–H and O–H groups in total. The van der Waals surface area contributed by atoms with Crippen molar-refractivity contribution in [2.24, 2.45) is 5.92 Å². The van der Waals surface area contributed by atoms with E-state index in [0.29, 0.717) is 31.6 Å². The van der Waals surface area contributed by atoms with E-state index in [1.165, 1.54) is 18.2 Å². The molecule has 1 heterocycles. The second-order valence-corrected chi connectivity index (χ2v) is 6.57. The average Bonchev–Trinajstić information content (AvgIpc) is 2.73. The standard InChI is InChI=1S/C21H21FN2O4/c22-18-9-5-4-8-17(18)19(25)14-28-20(26)15-10-12-24(13-11-15)21(27)23-16-6-2-1-3-7-16/h1-9,15H,10-14H2,(H,23,27). The van der Waals surface area contributed by atoms with Crippen molar-refractivity contribution in [3.8, 4) is 0 Å². The maximum absolute atomic E-state index is 13.6. The number of esters is 1. The number of ketones is 1. The van der Waals surface area contributed by atoms with Crippen LogP contribution in [0.5, 0.6) is 0 Å². The molecule has 0 aromatic heterocycles. The van der Waals surface area contributed by atoms with Crippen molar-refractivity contribution in [1.82, 2.24) is 4.90 Å². The minimum Gasteiger partial charge on any atom is -0.457 e. The number of amides is 2. The molecule has 2 amide bonds. The molecular weight excluding hydrogens is 363 g/mol. The molecule has 0 aliphatic carbocycles. The van der Waals surface area contributed by atoms with Gasteiger partial charge in [-0.2, -0.15) is 0 Å². The Morgan fingerprint density at radius 3 is 2.32 bits per heavy atom. The first-order valence-electron chi connectivity index (χ1n) is 9.10. The molecule has 2 aromatic carbocycles. The van der Waals surface area contributed by atoms with Crippen LogP contribution in [0, 0.1) is 11.7 Å². The van der Waals surface area contributed by atoms with E-state index in [9.17, 15) is 18.8 Å². The average molecular weight is 384 g/mol. The summed E-state index contributed by atoms with van der Waals surface area (Å²) in [6.45, 7) is 0.341. The predicted octanol–water partition coefficient (Wildman–Crippen LogP) is 3.50. The Labute approximate surface area is 162 Å². The highest BCUT2D eigenvalue weighted by Gasteiger charge is 2.29. The van der Waals surface area contributed by atoms with Gasteiger partial charge in [0, 0.05) is 18.8 Å². The maximum atomic E-state index is 13.6. The number of carbonyl (C=O) groups is 3. The van der Waals surface area contributed by atoms with E-state index in [1.807, 2.05) is 18.2 Å². The summed E-state index contributed by atoms with van der Waals surface area (Å²) in [5.74, 6) is -2.09. The molecule has 3 rings (SSSR count). The Kier molecular flexibility index (Phi) is 6.37. The van der Waals surface area contributed by atoms with Crippen molar-refractivity contribution in [1.29, 1.82) is 0 Å². The van der Waals surface area contributed by atoms with Crippen LogP contribution < -0.4 is 5.32 Å². The van der Waals surface area contributed by atoms with Crippen molar-refractivity contribution in [2.75, 3.05) is 25.0 Å². The quantitative estimate of drug-likeness (QED) is 0.632. The molecule has 0 unspecified atom stereocenters. The SMILES string of the molecule is O=C(COC(=O)C1CCN(C(=O)Nc2ccccc2)CC1)c1ccccc1F. The zero-order valence-corrected chi connectivity index (χ0v) is 15.3. The number of rotatable bonds is 5. The molecule has 28 heavy (non-hydrogen) atoms. The van der Waals surface area contributed by atoms with Gasteiger partial charge in [-0.05, 0) is 37.1 Å². The molecule has 0 saturated carbocycles. The number of urea groups is 1. The van der Waals surface area contributed by atoms with Crippen LogP contribution in [0.25, 0.3) is 0 Å². The van der Waals surface area contributed by atoms with E-state index in [-0.39, 0.29) is 17.5 Å². The lowest BCUT2D eigenvalue weighted by molar-refractivity contribution is -0.148. The maximum Gasteiger partial charge on any atom is 0.321 e. The molecule has 1 aliphatic heterocycles. The summed E-state index contributed by atoms with van der Waals surface area (Å²) in [4.78, 5) is 38.1. The van der Waals surface area contributed by atoms with Crippen LogP contribution in [0.4, 0.5) is 14.9 Å². The van der Waals surface area contributed by atoms with Crippen molar-refractivity contribution in [3.05, 3.63) is 66.0 Å². The van der Waals surface area contributed by atoms with Crippen LogP contribution in [0.15, 0.2) is 54.6 Å². The third kappa shape index (κ3) is 4.94. The second kappa shape index (κ2) is 9.12. The number of hydrogen-bond acceptors (Lipinski definition) is 4. The number of nitrogens with one attached hydrogen (secondary N) is 1. The number of ether oxygens (including phenoxy) is 1. The number of hydrogen-bond donors (Lipinski definition) is 1. The summed E-state index contributed by atoms with van der Waals surface area (Å²) in [6, 6.07) is 14.5. The smallest absolute Gasteiger partial charge is 0.321 e. The third-order valence-corrected chi connectivity index (χ3v) is 4.66. The highest BCUT2D eigenvalue weighted by atomic mass is 19.1. The van der Waals surface area contributed by atoms with E-state index < -0.39 is 24.2 Å². The van der Waals surface area contributed by atoms with Crippen LogP contribution in [0.1, 0.15) is 23.2 Å². The normalized spacial score (nSPS) is 14.4. The predicted molar refractivity (Wildman–Crippen MR) is 101 cm³/mol. The number of nitrogens with zero attached hydrogens (tertiary/aromatic N) is 1. The van der Waals surface area contributed by atoms with E-state index in [0.717, 1.165) is 0 Å². The van der Waals surface area contributed by atoms with Crippen LogP contribution in [-0.4, -0.2) is 42.4 Å². The first-order valence-corrected chi connectivity index (χ1v) is 9.10. The van der Waals surface area contributed by atoms with Crippen LogP contribution in [-0.2, 0) is 9.53 Å². The van der Waals surface area contributed by atoms with Gasteiger partial charge in [0.2, 0.25) is 5.78 Å².